The first-order chi connectivity index (χ1) is 13.6. The van der Waals surface area contributed by atoms with Gasteiger partial charge in [-0.2, -0.15) is 0 Å². The van der Waals surface area contributed by atoms with Gasteiger partial charge in [-0.05, 0) is 56.2 Å². The molecule has 154 valence electrons. The van der Waals surface area contributed by atoms with E-state index < -0.39 is 33.3 Å². The van der Waals surface area contributed by atoms with Crippen molar-refractivity contribution < 1.29 is 22.7 Å². The average molecular weight is 417 g/mol. The summed E-state index contributed by atoms with van der Waals surface area (Å²) < 4.78 is 33.0. The van der Waals surface area contributed by atoms with Crippen LogP contribution >= 0.6 is 0 Å². The molecule has 1 aliphatic heterocycles. The van der Waals surface area contributed by atoms with Crippen molar-refractivity contribution in [1.29, 1.82) is 0 Å². The summed E-state index contributed by atoms with van der Waals surface area (Å²) in [5, 5.41) is 4.37. The van der Waals surface area contributed by atoms with Gasteiger partial charge in [-0.25, -0.2) is 13.2 Å². The maximum atomic E-state index is 12.4. The highest BCUT2D eigenvalue weighted by Gasteiger charge is 2.45. The Hall–Kier alpha value is -3.07. The van der Waals surface area contributed by atoms with Gasteiger partial charge in [0.05, 0.1) is 0 Å². The Morgan fingerprint density at radius 3 is 2.38 bits per heavy atom. The highest BCUT2D eigenvalue weighted by atomic mass is 32.2. The van der Waals surface area contributed by atoms with E-state index in [1.165, 1.54) is 6.92 Å². The van der Waals surface area contributed by atoms with Crippen molar-refractivity contribution in [2.75, 3.05) is 10.5 Å². The van der Waals surface area contributed by atoms with Crippen LogP contribution in [0.5, 0.6) is 5.75 Å². The summed E-state index contributed by atoms with van der Waals surface area (Å²) in [5.74, 6) is -0.658. The van der Waals surface area contributed by atoms with Crippen molar-refractivity contribution in [3.63, 3.8) is 0 Å². The van der Waals surface area contributed by atoms with E-state index in [2.05, 4.69) is 16.1 Å². The minimum Gasteiger partial charge on any atom is -0.489 e. The molecule has 29 heavy (non-hydrogen) atoms. The van der Waals surface area contributed by atoms with Gasteiger partial charge in [0.2, 0.25) is 10.0 Å². The van der Waals surface area contributed by atoms with Crippen LogP contribution < -0.4 is 20.1 Å². The predicted octanol–water partition coefficient (Wildman–Crippen LogP) is 2.22. The Balaban J connectivity index is 1.62. The number of carbonyl (C=O) groups excluding carboxylic acids is 2. The number of rotatable bonds is 7. The third kappa shape index (κ3) is 5.05. The van der Waals surface area contributed by atoms with Crippen LogP contribution in [0.2, 0.25) is 0 Å². The fourth-order valence-electron chi connectivity index (χ4n) is 3.01. The van der Waals surface area contributed by atoms with Gasteiger partial charge in [0, 0.05) is 5.69 Å². The number of amides is 3. The molecule has 0 aromatic heterocycles. The Morgan fingerprint density at radius 1 is 1.07 bits per heavy atom. The smallest absolute Gasteiger partial charge is 0.322 e. The largest absolute Gasteiger partial charge is 0.489 e. The molecule has 0 radical (unpaired) electrons. The molecule has 9 heteroatoms. The fourth-order valence-corrected chi connectivity index (χ4v) is 4.54. The van der Waals surface area contributed by atoms with Gasteiger partial charge in [0.1, 0.15) is 23.6 Å². The van der Waals surface area contributed by atoms with Gasteiger partial charge in [-0.3, -0.25) is 14.8 Å². The van der Waals surface area contributed by atoms with E-state index in [0.29, 0.717) is 18.0 Å². The van der Waals surface area contributed by atoms with Crippen LogP contribution in [-0.2, 0) is 21.4 Å². The van der Waals surface area contributed by atoms with E-state index in [4.69, 9.17) is 4.74 Å². The van der Waals surface area contributed by atoms with Crippen LogP contribution in [0.4, 0.5) is 10.5 Å². The Morgan fingerprint density at radius 2 is 1.76 bits per heavy atom. The average Bonchev–Trinajstić information content (AvgIpc) is 2.87. The number of urea groups is 1. The van der Waals surface area contributed by atoms with Crippen molar-refractivity contribution in [3.05, 3.63) is 59.2 Å². The van der Waals surface area contributed by atoms with Gasteiger partial charge in [0.15, 0.2) is 0 Å². The van der Waals surface area contributed by atoms with E-state index >= 15 is 0 Å². The first-order valence-electron chi connectivity index (χ1n) is 8.99. The van der Waals surface area contributed by atoms with E-state index in [1.807, 2.05) is 31.3 Å². The third-order valence-electron chi connectivity index (χ3n) is 4.62. The Kier molecular flexibility index (Phi) is 5.52. The van der Waals surface area contributed by atoms with Crippen molar-refractivity contribution in [2.24, 2.45) is 0 Å². The first-order valence-corrected chi connectivity index (χ1v) is 10.6. The molecule has 2 aromatic carbocycles. The molecule has 8 nitrogen and oxygen atoms in total. The second-order valence-electron chi connectivity index (χ2n) is 7.34. The Bertz CT molecular complexity index is 1050. The number of aryl methyl sites for hydroxylation is 2. The maximum Gasteiger partial charge on any atom is 0.322 e. The van der Waals surface area contributed by atoms with Crippen molar-refractivity contribution in [2.45, 2.75) is 32.9 Å². The quantitative estimate of drug-likeness (QED) is 0.598. The standard InChI is InChI=1S/C20H23N3O5S/c1-13-4-5-14(2)15(10-13)11-28-17-8-6-16(7-9-17)23-29(26,27)12-20(3)18(24)21-19(25)22-20/h4-10,23H,11-12H2,1-3H3,(H2,21,22,24,25). The lowest BCUT2D eigenvalue weighted by atomic mass is 10.1. The van der Waals surface area contributed by atoms with Gasteiger partial charge in [0.25, 0.3) is 5.91 Å². The number of hydrogen-bond acceptors (Lipinski definition) is 5. The second kappa shape index (κ2) is 7.75. The van der Waals surface area contributed by atoms with Crippen LogP contribution in [0.1, 0.15) is 23.6 Å². The summed E-state index contributed by atoms with van der Waals surface area (Å²) in [7, 11) is -3.88. The molecule has 1 aliphatic rings. The molecular formula is C20H23N3O5S. The third-order valence-corrected chi connectivity index (χ3v) is 6.13. The molecule has 2 aromatic rings. The number of benzene rings is 2. The summed E-state index contributed by atoms with van der Waals surface area (Å²) >= 11 is 0. The topological polar surface area (TPSA) is 114 Å². The summed E-state index contributed by atoms with van der Waals surface area (Å²) in [6.45, 7) is 5.80. The summed E-state index contributed by atoms with van der Waals surface area (Å²) in [5.41, 5.74) is 2.19. The zero-order chi connectivity index (χ0) is 21.2. The number of carbonyl (C=O) groups is 2. The molecule has 1 saturated heterocycles. The highest BCUT2D eigenvalue weighted by Crippen LogP contribution is 2.21. The molecule has 3 N–H and O–H groups in total. The molecule has 1 atom stereocenters. The van der Waals surface area contributed by atoms with Crippen LogP contribution in [0.15, 0.2) is 42.5 Å². The zero-order valence-corrected chi connectivity index (χ0v) is 17.2. The summed E-state index contributed by atoms with van der Waals surface area (Å²) in [6, 6.07) is 11.9. The van der Waals surface area contributed by atoms with Gasteiger partial charge < -0.3 is 10.1 Å². The highest BCUT2D eigenvalue weighted by molar-refractivity contribution is 7.92. The molecule has 3 amide bonds. The minimum atomic E-state index is -3.88. The lowest BCUT2D eigenvalue weighted by Crippen LogP contribution is -2.50. The maximum absolute atomic E-state index is 12.4. The van der Waals surface area contributed by atoms with E-state index in [-0.39, 0.29) is 0 Å². The molecule has 1 unspecified atom stereocenters. The minimum absolute atomic E-state index is 0.331. The number of ether oxygens (including phenoxy) is 1. The Labute approximate surface area is 169 Å². The molecule has 1 fully saturated rings. The predicted molar refractivity (Wildman–Crippen MR) is 109 cm³/mol. The van der Waals surface area contributed by atoms with Gasteiger partial charge in [-0.1, -0.05) is 23.8 Å². The van der Waals surface area contributed by atoms with E-state index in [9.17, 15) is 18.0 Å². The van der Waals surface area contributed by atoms with Crippen LogP contribution in [0.25, 0.3) is 0 Å². The number of anilines is 1. The van der Waals surface area contributed by atoms with Crippen molar-refractivity contribution in [3.8, 4) is 5.75 Å². The molecule has 3 rings (SSSR count). The monoisotopic (exact) mass is 417 g/mol. The molecule has 1 heterocycles. The van der Waals surface area contributed by atoms with Crippen LogP contribution in [0, 0.1) is 13.8 Å². The molecule has 0 aliphatic carbocycles. The number of hydrogen-bond donors (Lipinski definition) is 3. The zero-order valence-electron chi connectivity index (χ0n) is 16.4. The van der Waals surface area contributed by atoms with E-state index in [1.54, 1.807) is 24.3 Å². The van der Waals surface area contributed by atoms with Gasteiger partial charge >= 0.3 is 6.03 Å². The molecular weight excluding hydrogens is 394 g/mol. The number of sulfonamides is 1. The van der Waals surface area contributed by atoms with Crippen molar-refractivity contribution in [1.82, 2.24) is 10.6 Å². The number of imide groups is 1. The lowest BCUT2D eigenvalue weighted by molar-refractivity contribution is -0.122. The molecule has 0 saturated carbocycles. The van der Waals surface area contributed by atoms with Crippen LogP contribution in [0.3, 0.4) is 0 Å². The fraction of sp³-hybridized carbons (Fsp3) is 0.300. The number of nitrogens with one attached hydrogen (secondary N) is 3. The SMILES string of the molecule is Cc1ccc(C)c(COc2ccc(NS(=O)(=O)CC3(C)NC(=O)NC3=O)cc2)c1. The van der Waals surface area contributed by atoms with Crippen molar-refractivity contribution >= 4 is 27.6 Å². The normalized spacial score (nSPS) is 18.9. The molecule has 0 bridgehead atoms. The molecule has 0 spiro atoms. The van der Waals surface area contributed by atoms with Crippen LogP contribution in [-0.4, -0.2) is 31.6 Å². The lowest BCUT2D eigenvalue weighted by Gasteiger charge is -2.20. The second-order valence-corrected chi connectivity index (χ2v) is 9.07. The van der Waals surface area contributed by atoms with E-state index in [0.717, 1.165) is 16.7 Å². The van der Waals surface area contributed by atoms with Gasteiger partial charge in [-0.15, -0.1) is 0 Å². The first kappa shape index (κ1) is 20.7. The summed E-state index contributed by atoms with van der Waals surface area (Å²) in [6.07, 6.45) is 0. The summed E-state index contributed by atoms with van der Waals surface area (Å²) in [4.78, 5) is 23.1.